The minimum Gasteiger partial charge on any atom is -0.330 e. The molecule has 0 saturated carbocycles. The summed E-state index contributed by atoms with van der Waals surface area (Å²) in [6.07, 6.45) is 16.4. The van der Waals surface area contributed by atoms with E-state index in [4.69, 9.17) is 5.73 Å². The molecule has 14 heavy (non-hydrogen) atoms. The molecular formula is C13H17N. The molecule has 0 heterocycles. The molecule has 0 aromatic rings. The highest BCUT2D eigenvalue weighted by Crippen LogP contribution is 2.10. The Balaban J connectivity index is 2.73. The van der Waals surface area contributed by atoms with Crippen LogP contribution in [0.5, 0.6) is 0 Å². The number of nitrogens with two attached hydrogens (primary N) is 1. The van der Waals surface area contributed by atoms with E-state index in [1.165, 1.54) is 5.57 Å². The Bertz CT molecular complexity index is 303. The van der Waals surface area contributed by atoms with Gasteiger partial charge in [0.25, 0.3) is 0 Å². The number of rotatable bonds is 2. The first kappa shape index (κ1) is 10.7. The van der Waals surface area contributed by atoms with Crippen molar-refractivity contribution in [3.63, 3.8) is 0 Å². The summed E-state index contributed by atoms with van der Waals surface area (Å²) in [7, 11) is 0. The molecule has 2 N–H and O–H groups in total. The molecule has 0 unspecified atom stereocenters. The molecule has 74 valence electrons. The van der Waals surface area contributed by atoms with E-state index in [0.717, 1.165) is 18.4 Å². The van der Waals surface area contributed by atoms with Crippen molar-refractivity contribution in [2.24, 2.45) is 5.73 Å². The fourth-order valence-electron chi connectivity index (χ4n) is 1.22. The highest BCUT2D eigenvalue weighted by atomic mass is 14.5. The molecule has 0 saturated heterocycles. The maximum absolute atomic E-state index is 5.46. The second kappa shape index (κ2) is 6.17. The van der Waals surface area contributed by atoms with Gasteiger partial charge in [0, 0.05) is 0 Å². The SMILES string of the molecule is C=C1/C=C\C=C/CC(=C/CCN)/C=C\1. The molecule has 0 bridgehead atoms. The Kier molecular flexibility index (Phi) is 4.73. The average molecular weight is 187 g/mol. The smallest absolute Gasteiger partial charge is 0.00424 e. The zero-order valence-corrected chi connectivity index (χ0v) is 8.45. The van der Waals surface area contributed by atoms with Crippen molar-refractivity contribution in [3.8, 4) is 0 Å². The Morgan fingerprint density at radius 3 is 2.93 bits per heavy atom. The van der Waals surface area contributed by atoms with Gasteiger partial charge in [-0.05, 0) is 30.5 Å². The number of hydrogen-bond acceptors (Lipinski definition) is 1. The van der Waals surface area contributed by atoms with E-state index < -0.39 is 0 Å². The standard InChI is InChI=1S/C13H17N/c1-12-6-3-2-4-7-13(10-9-12)8-5-11-14/h2-4,6,8-10H,1,5,7,11,14H2/b4-2-,6-3-,10-9-,13-8-. The molecule has 0 fully saturated rings. The molecule has 0 aromatic heterocycles. The lowest BCUT2D eigenvalue weighted by molar-refractivity contribution is 0.994. The highest BCUT2D eigenvalue weighted by Gasteiger charge is 1.91. The lowest BCUT2D eigenvalue weighted by atomic mass is 10.1. The summed E-state index contributed by atoms with van der Waals surface area (Å²) >= 11 is 0. The summed E-state index contributed by atoms with van der Waals surface area (Å²) in [5.74, 6) is 0. The zero-order valence-electron chi connectivity index (χ0n) is 8.45. The maximum Gasteiger partial charge on any atom is -0.00424 e. The van der Waals surface area contributed by atoms with Gasteiger partial charge in [-0.3, -0.25) is 0 Å². The predicted molar refractivity (Wildman–Crippen MR) is 62.9 cm³/mol. The van der Waals surface area contributed by atoms with E-state index >= 15 is 0 Å². The second-order valence-corrected chi connectivity index (χ2v) is 3.26. The van der Waals surface area contributed by atoms with E-state index in [1.54, 1.807) is 0 Å². The Morgan fingerprint density at radius 2 is 2.14 bits per heavy atom. The van der Waals surface area contributed by atoms with Gasteiger partial charge < -0.3 is 5.73 Å². The van der Waals surface area contributed by atoms with Crippen LogP contribution in [0.15, 0.2) is 60.3 Å². The molecule has 0 spiro atoms. The molecule has 1 nitrogen and oxygen atoms in total. The van der Waals surface area contributed by atoms with Crippen molar-refractivity contribution in [1.29, 1.82) is 0 Å². The normalized spacial score (nSPS) is 26.4. The lowest BCUT2D eigenvalue weighted by Gasteiger charge is -1.97. The van der Waals surface area contributed by atoms with E-state index in [2.05, 4.69) is 30.9 Å². The van der Waals surface area contributed by atoms with Gasteiger partial charge in [0.05, 0.1) is 0 Å². The molecule has 0 aliphatic heterocycles. The highest BCUT2D eigenvalue weighted by molar-refractivity contribution is 5.36. The van der Waals surface area contributed by atoms with E-state index in [9.17, 15) is 0 Å². The second-order valence-electron chi connectivity index (χ2n) is 3.26. The molecule has 1 rings (SSSR count). The van der Waals surface area contributed by atoms with Crippen LogP contribution in [0.1, 0.15) is 12.8 Å². The quantitative estimate of drug-likeness (QED) is 0.706. The van der Waals surface area contributed by atoms with Crippen LogP contribution in [0.3, 0.4) is 0 Å². The topological polar surface area (TPSA) is 26.0 Å². The lowest BCUT2D eigenvalue weighted by Crippen LogP contribution is -1.96. The van der Waals surface area contributed by atoms with Crippen molar-refractivity contribution in [3.05, 3.63) is 60.3 Å². The molecule has 1 aliphatic rings. The van der Waals surface area contributed by atoms with Crippen LogP contribution in [0.25, 0.3) is 0 Å². The number of allylic oxidation sites excluding steroid dienone is 8. The summed E-state index contributed by atoms with van der Waals surface area (Å²) in [5.41, 5.74) is 7.78. The fraction of sp³-hybridized carbons (Fsp3) is 0.231. The van der Waals surface area contributed by atoms with Crippen molar-refractivity contribution < 1.29 is 0 Å². The third kappa shape index (κ3) is 4.06. The summed E-state index contributed by atoms with van der Waals surface area (Å²) in [4.78, 5) is 0. The zero-order chi connectivity index (χ0) is 10.2. The van der Waals surface area contributed by atoms with Crippen molar-refractivity contribution in [2.45, 2.75) is 12.8 Å². The van der Waals surface area contributed by atoms with Crippen molar-refractivity contribution >= 4 is 0 Å². The Hall–Kier alpha value is -1.34. The van der Waals surface area contributed by atoms with Gasteiger partial charge in [-0.25, -0.2) is 0 Å². The monoisotopic (exact) mass is 187 g/mol. The third-order valence-corrected chi connectivity index (χ3v) is 2.00. The van der Waals surface area contributed by atoms with Gasteiger partial charge in [0.15, 0.2) is 0 Å². The predicted octanol–water partition coefficient (Wildman–Crippen LogP) is 2.89. The summed E-state index contributed by atoms with van der Waals surface area (Å²) < 4.78 is 0. The average Bonchev–Trinajstić information content (AvgIpc) is 2.28. The summed E-state index contributed by atoms with van der Waals surface area (Å²) in [6.45, 7) is 4.62. The van der Waals surface area contributed by atoms with Gasteiger partial charge >= 0.3 is 0 Å². The van der Waals surface area contributed by atoms with Crippen LogP contribution in [0.4, 0.5) is 0 Å². The van der Waals surface area contributed by atoms with Gasteiger partial charge in [-0.15, -0.1) is 0 Å². The van der Waals surface area contributed by atoms with Crippen LogP contribution >= 0.6 is 0 Å². The molecule has 1 aliphatic carbocycles. The molecule has 0 radical (unpaired) electrons. The van der Waals surface area contributed by atoms with E-state index in [0.29, 0.717) is 6.54 Å². The number of hydrogen-bond donors (Lipinski definition) is 1. The van der Waals surface area contributed by atoms with E-state index in [-0.39, 0.29) is 0 Å². The van der Waals surface area contributed by atoms with Gasteiger partial charge in [0.2, 0.25) is 0 Å². The first-order valence-electron chi connectivity index (χ1n) is 4.92. The minimum absolute atomic E-state index is 0.709. The van der Waals surface area contributed by atoms with Crippen LogP contribution in [0.2, 0.25) is 0 Å². The van der Waals surface area contributed by atoms with Crippen molar-refractivity contribution in [2.75, 3.05) is 6.54 Å². The first-order valence-corrected chi connectivity index (χ1v) is 4.92. The van der Waals surface area contributed by atoms with Crippen LogP contribution in [-0.2, 0) is 0 Å². The third-order valence-electron chi connectivity index (χ3n) is 2.00. The molecular weight excluding hydrogens is 170 g/mol. The Labute approximate surface area is 86.0 Å². The Morgan fingerprint density at radius 1 is 1.29 bits per heavy atom. The van der Waals surface area contributed by atoms with Crippen LogP contribution in [-0.4, -0.2) is 6.54 Å². The van der Waals surface area contributed by atoms with Gasteiger partial charge in [0.1, 0.15) is 0 Å². The van der Waals surface area contributed by atoms with Gasteiger partial charge in [-0.2, -0.15) is 0 Å². The van der Waals surface area contributed by atoms with Crippen molar-refractivity contribution in [1.82, 2.24) is 0 Å². The maximum atomic E-state index is 5.46. The van der Waals surface area contributed by atoms with Crippen LogP contribution in [0, 0.1) is 0 Å². The first-order chi connectivity index (χ1) is 6.83. The summed E-state index contributed by atoms with van der Waals surface area (Å²) in [6, 6.07) is 0. The van der Waals surface area contributed by atoms with Crippen LogP contribution < -0.4 is 5.73 Å². The van der Waals surface area contributed by atoms with E-state index in [1.807, 2.05) is 18.2 Å². The molecule has 0 atom stereocenters. The minimum atomic E-state index is 0.709. The molecule has 0 aromatic carbocycles. The molecule has 0 amide bonds. The summed E-state index contributed by atoms with van der Waals surface area (Å²) in [5, 5.41) is 0. The largest absolute Gasteiger partial charge is 0.330 e. The fourth-order valence-corrected chi connectivity index (χ4v) is 1.22. The molecule has 1 heteroatoms. The van der Waals surface area contributed by atoms with Gasteiger partial charge in [-0.1, -0.05) is 49.1 Å².